The lowest BCUT2D eigenvalue weighted by Gasteiger charge is -2.39. The van der Waals surface area contributed by atoms with Gasteiger partial charge in [0.05, 0.1) is 57.5 Å². The molecule has 4 aliphatic rings. The average molecular weight is 831 g/mol. The number of benzene rings is 4. The number of methoxy groups -OCH3 is 1. The molecule has 12 nitrogen and oxygen atoms in total. The third kappa shape index (κ3) is 7.30. The van der Waals surface area contributed by atoms with E-state index in [9.17, 15) is 24.8 Å². The van der Waals surface area contributed by atoms with Crippen molar-refractivity contribution in [3.63, 3.8) is 0 Å². The number of aliphatic hydroxyl groups is 1. The Morgan fingerprint density at radius 1 is 0.967 bits per heavy atom. The molecule has 0 aliphatic carbocycles. The number of carbonyl (C=O) groups excluding carboxylic acids is 3. The van der Waals surface area contributed by atoms with Crippen LogP contribution in [-0.2, 0) is 44.2 Å². The van der Waals surface area contributed by atoms with Crippen LogP contribution in [0.4, 0.5) is 17.1 Å². The van der Waals surface area contributed by atoms with Crippen LogP contribution in [0.3, 0.4) is 0 Å². The molecule has 1 spiro atoms. The first-order valence-corrected chi connectivity index (χ1v) is 24.2. The van der Waals surface area contributed by atoms with Gasteiger partial charge < -0.3 is 29.3 Å². The van der Waals surface area contributed by atoms with Gasteiger partial charge in [-0.3, -0.25) is 24.5 Å². The van der Waals surface area contributed by atoms with Crippen molar-refractivity contribution < 1.29 is 33.9 Å². The molecule has 4 heterocycles. The van der Waals surface area contributed by atoms with Crippen molar-refractivity contribution in [3.05, 3.63) is 123 Å². The number of hydrogen-bond donors (Lipinski definition) is 1. The van der Waals surface area contributed by atoms with Crippen LogP contribution in [-0.4, -0.2) is 73.1 Å². The standard InChI is InChI=1S/C47H54N4O8Si/c1-31-45(60(3,4)39-20-18-38(58-2)19-21-39)42(27-44(54)49-29-34-14-9-8-13-33(34)25-37(49)30-52)59-47(31)40-26-36(51(56)57)17-22-41(40)50(46(47)55)28-32-12-11-15-35(24-32)48-23-10-6-5-7-16-43(48)53/h8-9,11-15,17-22,24,26,31,37,42,45,52H,5-7,10,16,23,25,27-30H2,1-4H3/t31-,37-,42+,45-,47+/m0/s1. The predicted octanol–water partition coefficient (Wildman–Crippen LogP) is 7.00. The first kappa shape index (κ1) is 41.4. The Hall–Kier alpha value is -5.37. The first-order chi connectivity index (χ1) is 28.9. The second kappa shape index (κ2) is 16.6. The van der Waals surface area contributed by atoms with E-state index in [2.05, 4.69) is 25.2 Å². The Kier molecular flexibility index (Phi) is 11.4. The second-order valence-corrected chi connectivity index (χ2v) is 22.1. The summed E-state index contributed by atoms with van der Waals surface area (Å²) in [5.41, 5.74) is 2.58. The van der Waals surface area contributed by atoms with E-state index in [0.29, 0.717) is 42.9 Å². The van der Waals surface area contributed by atoms with Gasteiger partial charge in [-0.1, -0.05) is 86.6 Å². The number of rotatable bonds is 10. The Morgan fingerprint density at radius 3 is 2.45 bits per heavy atom. The molecule has 0 radical (unpaired) electrons. The molecule has 4 aromatic carbocycles. The molecule has 0 aromatic heterocycles. The average Bonchev–Trinajstić information content (AvgIpc) is 3.67. The predicted molar refractivity (Wildman–Crippen MR) is 232 cm³/mol. The van der Waals surface area contributed by atoms with E-state index in [4.69, 9.17) is 9.47 Å². The summed E-state index contributed by atoms with van der Waals surface area (Å²) in [6.45, 7) is 7.39. The third-order valence-electron chi connectivity index (χ3n) is 13.7. The van der Waals surface area contributed by atoms with Crippen molar-refractivity contribution >= 4 is 48.0 Å². The molecule has 0 unspecified atom stereocenters. The molecule has 4 aromatic rings. The van der Waals surface area contributed by atoms with Crippen LogP contribution in [0.2, 0.25) is 18.6 Å². The molecule has 1 N–H and O–H groups in total. The van der Waals surface area contributed by atoms with Crippen LogP contribution in [0.15, 0.2) is 91.0 Å². The van der Waals surface area contributed by atoms with Gasteiger partial charge in [0.15, 0.2) is 5.60 Å². The topological polar surface area (TPSA) is 143 Å². The van der Waals surface area contributed by atoms with Crippen molar-refractivity contribution in [1.29, 1.82) is 0 Å². The molecule has 2 saturated heterocycles. The molecular weight excluding hydrogens is 777 g/mol. The van der Waals surface area contributed by atoms with Gasteiger partial charge in [-0.2, -0.15) is 0 Å². The number of fused-ring (bicyclic) bond motifs is 3. The van der Waals surface area contributed by atoms with Gasteiger partial charge in [-0.15, -0.1) is 0 Å². The largest absolute Gasteiger partial charge is 0.497 e. The highest BCUT2D eigenvalue weighted by atomic mass is 28.3. The monoisotopic (exact) mass is 830 g/mol. The summed E-state index contributed by atoms with van der Waals surface area (Å²) in [4.78, 5) is 60.5. The fourth-order valence-electron chi connectivity index (χ4n) is 10.5. The minimum Gasteiger partial charge on any atom is -0.497 e. The Bertz CT molecular complexity index is 2300. The number of nitro groups is 1. The van der Waals surface area contributed by atoms with E-state index < -0.39 is 36.7 Å². The van der Waals surface area contributed by atoms with Gasteiger partial charge in [0.2, 0.25) is 11.8 Å². The summed E-state index contributed by atoms with van der Waals surface area (Å²) in [5.74, 6) is -0.218. The fraction of sp³-hybridized carbons (Fsp3) is 0.426. The lowest BCUT2D eigenvalue weighted by Crippen LogP contribution is -2.52. The van der Waals surface area contributed by atoms with E-state index in [-0.39, 0.29) is 48.5 Å². The van der Waals surface area contributed by atoms with Gasteiger partial charge in [-0.25, -0.2) is 0 Å². The van der Waals surface area contributed by atoms with Crippen LogP contribution < -0.4 is 19.7 Å². The van der Waals surface area contributed by atoms with Crippen LogP contribution in [0, 0.1) is 16.0 Å². The Labute approximate surface area is 352 Å². The van der Waals surface area contributed by atoms with Crippen LogP contribution in [0.25, 0.3) is 0 Å². The summed E-state index contributed by atoms with van der Waals surface area (Å²) in [6.07, 6.45) is 4.13. The zero-order chi connectivity index (χ0) is 42.3. The maximum Gasteiger partial charge on any atom is 0.269 e. The van der Waals surface area contributed by atoms with Crippen LogP contribution in [0.5, 0.6) is 5.75 Å². The molecule has 0 bridgehead atoms. The van der Waals surface area contributed by atoms with Gasteiger partial charge in [0.1, 0.15) is 5.75 Å². The molecule has 2 fully saturated rings. The van der Waals surface area contributed by atoms with Crippen molar-refractivity contribution in [2.45, 2.75) is 101 Å². The number of non-ortho nitro benzene ring substituents is 1. The van der Waals surface area contributed by atoms with Gasteiger partial charge in [0, 0.05) is 48.8 Å². The number of carbonyl (C=O) groups is 3. The molecule has 4 aliphatic heterocycles. The summed E-state index contributed by atoms with van der Waals surface area (Å²) < 4.78 is 12.7. The molecule has 8 rings (SSSR count). The summed E-state index contributed by atoms with van der Waals surface area (Å²) in [7, 11) is -1.05. The van der Waals surface area contributed by atoms with Crippen molar-refractivity contribution in [2.24, 2.45) is 5.92 Å². The zero-order valence-corrected chi connectivity index (χ0v) is 35.8. The van der Waals surface area contributed by atoms with Gasteiger partial charge >= 0.3 is 0 Å². The lowest BCUT2D eigenvalue weighted by molar-refractivity contribution is -0.385. The highest BCUT2D eigenvalue weighted by Gasteiger charge is 2.67. The maximum absolute atomic E-state index is 15.5. The molecule has 13 heteroatoms. The first-order valence-electron chi connectivity index (χ1n) is 21.2. The van der Waals surface area contributed by atoms with Crippen molar-refractivity contribution in [2.75, 3.05) is 30.1 Å². The number of ether oxygens (including phenoxy) is 2. The summed E-state index contributed by atoms with van der Waals surface area (Å²) >= 11 is 0. The molecule has 60 heavy (non-hydrogen) atoms. The van der Waals surface area contributed by atoms with Gasteiger partial charge in [-0.05, 0) is 71.8 Å². The maximum atomic E-state index is 15.5. The smallest absolute Gasteiger partial charge is 0.269 e. The normalized spacial score (nSPS) is 24.2. The molecule has 5 atom stereocenters. The highest BCUT2D eigenvalue weighted by molar-refractivity contribution is 6.91. The molecular formula is C47H54N4O8Si. The quantitative estimate of drug-likeness (QED) is 0.102. The fourth-order valence-corrected chi connectivity index (χ4v) is 14.6. The third-order valence-corrected chi connectivity index (χ3v) is 18.0. The number of hydrogen-bond acceptors (Lipinski definition) is 8. The van der Waals surface area contributed by atoms with Gasteiger partial charge in [0.25, 0.3) is 11.6 Å². The second-order valence-electron chi connectivity index (χ2n) is 17.4. The van der Waals surface area contributed by atoms with Crippen LogP contribution in [0.1, 0.15) is 67.7 Å². The Balaban J connectivity index is 1.19. The lowest BCUT2D eigenvalue weighted by atomic mass is 9.82. The number of nitrogens with zero attached hydrogens (tertiary/aromatic N) is 4. The van der Waals surface area contributed by atoms with Crippen molar-refractivity contribution in [1.82, 2.24) is 4.90 Å². The van der Waals surface area contributed by atoms with E-state index in [0.717, 1.165) is 53.2 Å². The minimum atomic E-state index is -2.67. The molecule has 314 valence electrons. The number of anilines is 2. The number of aliphatic hydroxyl groups excluding tert-OH is 1. The summed E-state index contributed by atoms with van der Waals surface area (Å²) in [6, 6.07) is 27.7. The number of amides is 3. The van der Waals surface area contributed by atoms with Crippen molar-refractivity contribution in [3.8, 4) is 5.75 Å². The minimum absolute atomic E-state index is 0.0363. The molecule has 3 amide bonds. The van der Waals surface area contributed by atoms with E-state index >= 15 is 4.79 Å². The number of nitro benzene ring substituents is 1. The van der Waals surface area contributed by atoms with Crippen LogP contribution >= 0.6 is 0 Å². The Morgan fingerprint density at radius 2 is 1.72 bits per heavy atom. The SMILES string of the molecule is COc1ccc([Si](C)(C)[C@@H]2[C@@H](CC(=O)N3Cc4ccccc4C[C@H]3CO)O[C@]3(C(=O)N(Cc4cccc(N5CCCCCCC5=O)c4)c4ccc([N+](=O)[O-])cc43)[C@H]2C)cc1. The zero-order valence-electron chi connectivity index (χ0n) is 34.8. The molecule has 0 saturated carbocycles. The summed E-state index contributed by atoms with van der Waals surface area (Å²) in [5, 5.41) is 24.0. The van der Waals surface area contributed by atoms with E-state index in [1.165, 1.54) is 12.1 Å². The highest BCUT2D eigenvalue weighted by Crippen LogP contribution is 2.60. The van der Waals surface area contributed by atoms with E-state index in [1.54, 1.807) is 23.0 Å². The van der Waals surface area contributed by atoms with E-state index in [1.807, 2.05) is 72.5 Å².